The number of nitrogens with zero attached hydrogens (tertiary/aromatic N) is 2. The number of hydrogen-bond donors (Lipinski definition) is 1. The predicted molar refractivity (Wildman–Crippen MR) is 166 cm³/mol. The molecule has 220 valence electrons. The molecule has 0 spiro atoms. The summed E-state index contributed by atoms with van der Waals surface area (Å²) in [6.07, 6.45) is 0.326. The molecule has 2 amide bonds. The van der Waals surface area contributed by atoms with Crippen LogP contribution in [0.15, 0.2) is 71.6 Å². The average Bonchev–Trinajstić information content (AvgIpc) is 2.86. The van der Waals surface area contributed by atoms with E-state index in [-0.39, 0.29) is 17.3 Å². The zero-order valence-corrected chi connectivity index (χ0v) is 26.4. The van der Waals surface area contributed by atoms with Gasteiger partial charge in [-0.15, -0.1) is 0 Å². The molecule has 0 saturated carbocycles. The predicted octanol–water partition coefficient (Wildman–Crippen LogP) is 6.18. The molecule has 0 radical (unpaired) electrons. The lowest BCUT2D eigenvalue weighted by Gasteiger charge is -2.35. The summed E-state index contributed by atoms with van der Waals surface area (Å²) in [6, 6.07) is 18.2. The van der Waals surface area contributed by atoms with Crippen molar-refractivity contribution in [3.63, 3.8) is 0 Å². The number of rotatable bonds is 10. The maximum absolute atomic E-state index is 14.2. The number of benzene rings is 3. The molecule has 41 heavy (non-hydrogen) atoms. The first-order chi connectivity index (χ1) is 19.1. The van der Waals surface area contributed by atoms with E-state index in [1.54, 1.807) is 42.5 Å². The van der Waals surface area contributed by atoms with E-state index in [1.807, 2.05) is 60.6 Å². The Kier molecular flexibility index (Phi) is 10.3. The number of anilines is 1. The molecular weight excluding hydrogens is 558 g/mol. The van der Waals surface area contributed by atoms with Gasteiger partial charge in [0.15, 0.2) is 0 Å². The molecule has 1 atom stereocenters. The fourth-order valence-electron chi connectivity index (χ4n) is 4.64. The number of sulfonamides is 1. The summed E-state index contributed by atoms with van der Waals surface area (Å²) in [5, 5.41) is 3.42. The van der Waals surface area contributed by atoms with Gasteiger partial charge in [-0.05, 0) is 95.0 Å². The number of carbonyl (C=O) groups excluding carboxylic acids is 2. The Morgan fingerprint density at radius 2 is 1.49 bits per heavy atom. The maximum atomic E-state index is 14.2. The zero-order valence-electron chi connectivity index (χ0n) is 24.9. The lowest BCUT2D eigenvalue weighted by molar-refractivity contribution is -0.141. The lowest BCUT2D eigenvalue weighted by atomic mass is 10.1. The molecule has 0 saturated heterocycles. The molecule has 0 aromatic heterocycles. The number of hydrogen-bond acceptors (Lipinski definition) is 4. The van der Waals surface area contributed by atoms with Gasteiger partial charge >= 0.3 is 0 Å². The normalized spacial score (nSPS) is 12.5. The van der Waals surface area contributed by atoms with Gasteiger partial charge < -0.3 is 10.2 Å². The van der Waals surface area contributed by atoms with Crippen molar-refractivity contribution in [2.45, 2.75) is 77.9 Å². The van der Waals surface area contributed by atoms with Crippen LogP contribution in [0.4, 0.5) is 5.69 Å². The Labute approximate surface area is 249 Å². The molecule has 0 aliphatic rings. The van der Waals surface area contributed by atoms with E-state index >= 15 is 0 Å². The van der Waals surface area contributed by atoms with Gasteiger partial charge in [0, 0.05) is 17.1 Å². The monoisotopic (exact) mass is 597 g/mol. The molecule has 0 bridgehead atoms. The third-order valence-electron chi connectivity index (χ3n) is 6.56. The zero-order chi connectivity index (χ0) is 30.5. The Morgan fingerprint density at radius 1 is 0.902 bits per heavy atom. The van der Waals surface area contributed by atoms with Crippen molar-refractivity contribution in [1.29, 1.82) is 0 Å². The summed E-state index contributed by atoms with van der Waals surface area (Å²) in [5.41, 5.74) is 3.15. The number of amides is 2. The van der Waals surface area contributed by atoms with E-state index in [1.165, 1.54) is 17.0 Å². The third-order valence-corrected chi connectivity index (χ3v) is 8.72. The smallest absolute Gasteiger partial charge is 0.264 e. The first-order valence-corrected chi connectivity index (χ1v) is 15.5. The average molecular weight is 598 g/mol. The molecule has 3 rings (SSSR count). The van der Waals surface area contributed by atoms with Gasteiger partial charge in [0.25, 0.3) is 10.0 Å². The van der Waals surface area contributed by atoms with E-state index < -0.39 is 34.1 Å². The Bertz CT molecular complexity index is 1480. The van der Waals surface area contributed by atoms with Gasteiger partial charge in [-0.3, -0.25) is 13.9 Å². The van der Waals surface area contributed by atoms with Gasteiger partial charge in [0.05, 0.1) is 10.6 Å². The second-order valence-electron chi connectivity index (χ2n) is 11.4. The molecule has 7 nitrogen and oxygen atoms in total. The van der Waals surface area contributed by atoms with E-state index in [0.717, 1.165) is 21.0 Å². The summed E-state index contributed by atoms with van der Waals surface area (Å²) in [5.74, 6) is -0.838. The van der Waals surface area contributed by atoms with Crippen LogP contribution in [0.1, 0.15) is 56.4 Å². The molecule has 3 aromatic carbocycles. The van der Waals surface area contributed by atoms with Crippen molar-refractivity contribution in [3.8, 4) is 0 Å². The number of carbonyl (C=O) groups is 2. The van der Waals surface area contributed by atoms with Crippen LogP contribution in [0.2, 0.25) is 5.02 Å². The van der Waals surface area contributed by atoms with Gasteiger partial charge in [-0.1, -0.05) is 60.5 Å². The largest absolute Gasteiger partial charge is 0.350 e. The van der Waals surface area contributed by atoms with E-state index in [4.69, 9.17) is 11.6 Å². The van der Waals surface area contributed by atoms with Crippen LogP contribution in [0.3, 0.4) is 0 Å². The van der Waals surface area contributed by atoms with Crippen LogP contribution in [0, 0.1) is 20.8 Å². The molecule has 0 fully saturated rings. The molecule has 0 aliphatic heterocycles. The second-order valence-corrected chi connectivity index (χ2v) is 13.7. The Morgan fingerprint density at radius 3 is 2.02 bits per heavy atom. The SMILES string of the molecule is CC[C@H](C(=O)NC(C)(C)C)N(Cc1ccccc1Cl)C(=O)CN(c1cc(C)cc(C)c1)S(=O)(=O)c1ccc(C)cc1. The van der Waals surface area contributed by atoms with Crippen LogP contribution >= 0.6 is 11.6 Å². The van der Waals surface area contributed by atoms with Gasteiger partial charge in [-0.25, -0.2) is 8.42 Å². The highest BCUT2D eigenvalue weighted by Gasteiger charge is 2.35. The van der Waals surface area contributed by atoms with Crippen molar-refractivity contribution in [3.05, 3.63) is 94.0 Å². The maximum Gasteiger partial charge on any atom is 0.264 e. The molecule has 0 aliphatic carbocycles. The third kappa shape index (κ3) is 8.33. The van der Waals surface area contributed by atoms with Crippen LogP contribution in [-0.4, -0.2) is 43.3 Å². The second kappa shape index (κ2) is 13.1. The number of aryl methyl sites for hydroxylation is 3. The summed E-state index contributed by atoms with van der Waals surface area (Å²) in [4.78, 5) is 29.2. The van der Waals surface area contributed by atoms with Crippen molar-refractivity contribution < 1.29 is 18.0 Å². The van der Waals surface area contributed by atoms with Crippen LogP contribution < -0.4 is 9.62 Å². The fraction of sp³-hybridized carbons (Fsp3) is 0.375. The van der Waals surface area contributed by atoms with Crippen LogP contribution in [-0.2, 0) is 26.2 Å². The van der Waals surface area contributed by atoms with E-state index in [9.17, 15) is 18.0 Å². The minimum atomic E-state index is -4.14. The Hall–Kier alpha value is -3.36. The molecular formula is C32H40ClN3O4S. The van der Waals surface area contributed by atoms with Gasteiger partial charge in [0.1, 0.15) is 12.6 Å². The fourth-order valence-corrected chi connectivity index (χ4v) is 6.24. The highest BCUT2D eigenvalue weighted by molar-refractivity contribution is 7.92. The minimum absolute atomic E-state index is 0.0415. The van der Waals surface area contributed by atoms with Crippen LogP contribution in [0.25, 0.3) is 0 Å². The molecule has 9 heteroatoms. The number of halogens is 1. The van der Waals surface area contributed by atoms with E-state index in [0.29, 0.717) is 22.7 Å². The van der Waals surface area contributed by atoms with Crippen LogP contribution in [0.5, 0.6) is 0 Å². The quantitative estimate of drug-likeness (QED) is 0.302. The lowest BCUT2D eigenvalue weighted by Crippen LogP contribution is -2.55. The molecule has 3 aromatic rings. The van der Waals surface area contributed by atoms with Gasteiger partial charge in [0.2, 0.25) is 11.8 Å². The summed E-state index contributed by atoms with van der Waals surface area (Å²) in [7, 11) is -4.14. The summed E-state index contributed by atoms with van der Waals surface area (Å²) in [6.45, 7) is 12.6. The molecule has 0 unspecified atom stereocenters. The Balaban J connectivity index is 2.12. The number of nitrogens with one attached hydrogen (secondary N) is 1. The summed E-state index contributed by atoms with van der Waals surface area (Å²) < 4.78 is 29.2. The van der Waals surface area contributed by atoms with Crippen molar-refractivity contribution in [2.75, 3.05) is 10.8 Å². The van der Waals surface area contributed by atoms with Crippen molar-refractivity contribution in [2.24, 2.45) is 0 Å². The molecule has 0 heterocycles. The van der Waals surface area contributed by atoms with Gasteiger partial charge in [-0.2, -0.15) is 0 Å². The summed E-state index contributed by atoms with van der Waals surface area (Å²) >= 11 is 6.46. The first-order valence-electron chi connectivity index (χ1n) is 13.6. The van der Waals surface area contributed by atoms with Crippen molar-refractivity contribution >= 4 is 39.1 Å². The topological polar surface area (TPSA) is 86.8 Å². The highest BCUT2D eigenvalue weighted by Crippen LogP contribution is 2.28. The standard InChI is InChI=1S/C32H40ClN3O4S/c1-8-29(31(38)34-32(5,6)7)35(20-25-11-9-10-12-28(25)33)30(37)21-36(26-18-23(3)17-24(4)19-26)41(39,40)27-15-13-22(2)14-16-27/h9-19,29H,8,20-21H2,1-7H3,(H,34,38)/t29-/m1/s1. The van der Waals surface area contributed by atoms with E-state index in [2.05, 4.69) is 5.32 Å². The minimum Gasteiger partial charge on any atom is -0.350 e. The first kappa shape index (κ1) is 32.2. The van der Waals surface area contributed by atoms with Crippen molar-refractivity contribution in [1.82, 2.24) is 10.2 Å². The molecule has 1 N–H and O–H groups in total. The highest BCUT2D eigenvalue weighted by atomic mass is 35.5.